The zero-order chi connectivity index (χ0) is 18.5. The second-order valence-electron chi connectivity index (χ2n) is 6.31. The minimum atomic E-state index is -0.930. The molecule has 1 N–H and O–H groups in total. The number of hydrogen-bond donors (Lipinski definition) is 1. The molecule has 0 aliphatic carbocycles. The third-order valence-corrected chi connectivity index (χ3v) is 5.15. The van der Waals surface area contributed by atoms with Crippen LogP contribution in [0.4, 0.5) is 4.79 Å². The van der Waals surface area contributed by atoms with Crippen molar-refractivity contribution in [3.05, 3.63) is 70.2 Å². The van der Waals surface area contributed by atoms with Crippen LogP contribution >= 0.6 is 15.9 Å². The fourth-order valence-corrected chi connectivity index (χ4v) is 3.63. The SMILES string of the molecule is O=C(O)[C@H](c1ccc(Br)cc1)[C@@H]1CCCN1C(=O)OCc1ccccc1. The van der Waals surface area contributed by atoms with E-state index in [1.54, 1.807) is 17.0 Å². The number of benzene rings is 2. The number of carbonyl (C=O) groups is 2. The second kappa shape index (κ2) is 8.36. The van der Waals surface area contributed by atoms with E-state index in [0.29, 0.717) is 18.5 Å². The van der Waals surface area contributed by atoms with Gasteiger partial charge in [-0.05, 0) is 36.1 Å². The average molecular weight is 418 g/mol. The lowest BCUT2D eigenvalue weighted by molar-refractivity contribution is -0.140. The third-order valence-electron chi connectivity index (χ3n) is 4.62. The van der Waals surface area contributed by atoms with Crippen LogP contribution in [0.5, 0.6) is 0 Å². The van der Waals surface area contributed by atoms with E-state index in [1.165, 1.54) is 0 Å². The van der Waals surface area contributed by atoms with Crippen molar-refractivity contribution >= 4 is 28.0 Å². The first-order valence-electron chi connectivity index (χ1n) is 8.52. The third kappa shape index (κ3) is 4.25. The van der Waals surface area contributed by atoms with Crippen LogP contribution in [-0.4, -0.2) is 34.7 Å². The molecule has 1 aliphatic rings. The number of halogens is 1. The molecular formula is C20H20BrNO4. The molecule has 0 unspecified atom stereocenters. The summed E-state index contributed by atoms with van der Waals surface area (Å²) in [5, 5.41) is 9.77. The van der Waals surface area contributed by atoms with Crippen LogP contribution in [0.1, 0.15) is 29.9 Å². The standard InChI is InChI=1S/C20H20BrNO4/c21-16-10-8-15(9-11-16)18(19(23)24)17-7-4-12-22(17)20(25)26-13-14-5-2-1-3-6-14/h1-3,5-6,8-11,17-18H,4,7,12-13H2,(H,23,24)/t17-,18+/m0/s1. The minimum Gasteiger partial charge on any atom is -0.481 e. The zero-order valence-corrected chi connectivity index (χ0v) is 15.8. The molecule has 136 valence electrons. The molecule has 1 amide bonds. The molecule has 0 saturated carbocycles. The number of rotatable bonds is 5. The summed E-state index contributed by atoms with van der Waals surface area (Å²) in [6.45, 7) is 0.692. The highest BCUT2D eigenvalue weighted by Gasteiger charge is 2.40. The largest absolute Gasteiger partial charge is 0.481 e. The Kier molecular flexibility index (Phi) is 5.93. The maximum absolute atomic E-state index is 12.5. The number of nitrogens with zero attached hydrogens (tertiary/aromatic N) is 1. The first-order valence-corrected chi connectivity index (χ1v) is 9.31. The molecule has 0 radical (unpaired) electrons. The first kappa shape index (κ1) is 18.5. The summed E-state index contributed by atoms with van der Waals surface area (Å²) in [6, 6.07) is 16.2. The number of hydrogen-bond acceptors (Lipinski definition) is 3. The average Bonchev–Trinajstić information content (AvgIpc) is 3.11. The Morgan fingerprint density at radius 3 is 2.50 bits per heavy atom. The van der Waals surface area contributed by atoms with Crippen molar-refractivity contribution in [2.45, 2.75) is 31.4 Å². The van der Waals surface area contributed by atoms with Crippen LogP contribution < -0.4 is 0 Å². The number of carbonyl (C=O) groups excluding carboxylic acids is 1. The van der Waals surface area contributed by atoms with Crippen LogP contribution in [0.25, 0.3) is 0 Å². The number of amides is 1. The van der Waals surface area contributed by atoms with E-state index in [0.717, 1.165) is 16.5 Å². The van der Waals surface area contributed by atoms with Crippen molar-refractivity contribution in [3.8, 4) is 0 Å². The Hall–Kier alpha value is -2.34. The van der Waals surface area contributed by atoms with Crippen molar-refractivity contribution < 1.29 is 19.4 Å². The Labute approximate surface area is 160 Å². The summed E-state index contributed by atoms with van der Waals surface area (Å²) in [6.07, 6.45) is 0.957. The molecule has 0 bridgehead atoms. The summed E-state index contributed by atoms with van der Waals surface area (Å²) in [5.74, 6) is -1.70. The van der Waals surface area contributed by atoms with Gasteiger partial charge in [0.2, 0.25) is 0 Å². The topological polar surface area (TPSA) is 66.8 Å². The molecule has 1 aliphatic heterocycles. The minimum absolute atomic E-state index is 0.179. The first-order chi connectivity index (χ1) is 12.6. The Balaban J connectivity index is 1.73. The molecule has 6 heteroatoms. The summed E-state index contributed by atoms with van der Waals surface area (Å²) < 4.78 is 6.30. The van der Waals surface area contributed by atoms with Gasteiger partial charge >= 0.3 is 12.1 Å². The van der Waals surface area contributed by atoms with E-state index in [4.69, 9.17) is 4.74 Å². The molecule has 5 nitrogen and oxygen atoms in total. The van der Waals surface area contributed by atoms with Crippen LogP contribution in [-0.2, 0) is 16.1 Å². The Morgan fingerprint density at radius 2 is 1.85 bits per heavy atom. The van der Waals surface area contributed by atoms with E-state index in [1.807, 2.05) is 42.5 Å². The predicted octanol–water partition coefficient (Wildman–Crippen LogP) is 4.42. The molecule has 2 aromatic carbocycles. The van der Waals surface area contributed by atoms with Gasteiger partial charge < -0.3 is 14.7 Å². The highest BCUT2D eigenvalue weighted by molar-refractivity contribution is 9.10. The van der Waals surface area contributed by atoms with Crippen LogP contribution in [0.15, 0.2) is 59.1 Å². The lowest BCUT2D eigenvalue weighted by atomic mass is 9.90. The molecule has 2 aromatic rings. The van der Waals surface area contributed by atoms with Crippen molar-refractivity contribution in [2.24, 2.45) is 0 Å². The second-order valence-corrected chi connectivity index (χ2v) is 7.23. The maximum Gasteiger partial charge on any atom is 0.410 e. The van der Waals surface area contributed by atoms with E-state index in [-0.39, 0.29) is 6.61 Å². The lowest BCUT2D eigenvalue weighted by Gasteiger charge is -2.29. The van der Waals surface area contributed by atoms with Gasteiger partial charge in [-0.15, -0.1) is 0 Å². The molecule has 26 heavy (non-hydrogen) atoms. The van der Waals surface area contributed by atoms with Gasteiger partial charge in [0.05, 0.1) is 6.04 Å². The molecule has 0 aromatic heterocycles. The van der Waals surface area contributed by atoms with E-state index in [9.17, 15) is 14.7 Å². The lowest BCUT2D eigenvalue weighted by Crippen LogP contribution is -2.42. The van der Waals surface area contributed by atoms with Gasteiger partial charge in [-0.1, -0.05) is 58.4 Å². The number of aliphatic carboxylic acids is 1. The summed E-state index contributed by atoms with van der Waals surface area (Å²) >= 11 is 3.36. The van der Waals surface area contributed by atoms with Gasteiger partial charge in [0.25, 0.3) is 0 Å². The summed E-state index contributed by atoms with van der Waals surface area (Å²) in [7, 11) is 0. The predicted molar refractivity (Wildman–Crippen MR) is 101 cm³/mol. The molecule has 1 fully saturated rings. The summed E-state index contributed by atoms with van der Waals surface area (Å²) in [5.41, 5.74) is 1.59. The van der Waals surface area contributed by atoms with Gasteiger partial charge in [0, 0.05) is 11.0 Å². The van der Waals surface area contributed by atoms with Gasteiger partial charge in [-0.25, -0.2) is 4.79 Å². The quantitative estimate of drug-likeness (QED) is 0.781. The molecule has 1 heterocycles. The van der Waals surface area contributed by atoms with Gasteiger partial charge in [0.15, 0.2) is 0 Å². The van der Waals surface area contributed by atoms with Crippen molar-refractivity contribution in [3.63, 3.8) is 0 Å². The number of likely N-dealkylation sites (tertiary alicyclic amines) is 1. The van der Waals surface area contributed by atoms with Crippen molar-refractivity contribution in [1.82, 2.24) is 4.90 Å². The van der Waals surface area contributed by atoms with Gasteiger partial charge in [0.1, 0.15) is 12.5 Å². The normalized spacial score (nSPS) is 17.7. The Morgan fingerprint density at radius 1 is 1.15 bits per heavy atom. The smallest absolute Gasteiger partial charge is 0.410 e. The van der Waals surface area contributed by atoms with Crippen molar-refractivity contribution in [2.75, 3.05) is 6.54 Å². The van der Waals surface area contributed by atoms with Crippen LogP contribution in [0.2, 0.25) is 0 Å². The summed E-state index contributed by atoms with van der Waals surface area (Å²) in [4.78, 5) is 26.0. The fraction of sp³-hybridized carbons (Fsp3) is 0.300. The van der Waals surface area contributed by atoms with E-state index in [2.05, 4.69) is 15.9 Å². The zero-order valence-electron chi connectivity index (χ0n) is 14.2. The monoisotopic (exact) mass is 417 g/mol. The molecule has 0 spiro atoms. The number of carboxylic acid groups (broad SMARTS) is 1. The van der Waals surface area contributed by atoms with Crippen LogP contribution in [0.3, 0.4) is 0 Å². The van der Waals surface area contributed by atoms with Gasteiger partial charge in [-0.2, -0.15) is 0 Å². The highest BCUT2D eigenvalue weighted by Crippen LogP contribution is 2.32. The Bertz CT molecular complexity index is 763. The fourth-order valence-electron chi connectivity index (χ4n) is 3.37. The van der Waals surface area contributed by atoms with E-state index >= 15 is 0 Å². The highest BCUT2D eigenvalue weighted by atomic mass is 79.9. The number of ether oxygens (including phenoxy) is 1. The number of carboxylic acids is 1. The van der Waals surface area contributed by atoms with Gasteiger partial charge in [-0.3, -0.25) is 4.79 Å². The van der Waals surface area contributed by atoms with Crippen molar-refractivity contribution in [1.29, 1.82) is 0 Å². The van der Waals surface area contributed by atoms with Crippen LogP contribution in [0, 0.1) is 0 Å². The molecule has 3 rings (SSSR count). The molecule has 2 atom stereocenters. The molecular weight excluding hydrogens is 398 g/mol. The molecule has 1 saturated heterocycles. The van der Waals surface area contributed by atoms with E-state index < -0.39 is 24.0 Å². The maximum atomic E-state index is 12.5.